The molecule has 0 aliphatic carbocycles. The van der Waals surface area contributed by atoms with Gasteiger partial charge in [-0.2, -0.15) is 0 Å². The molecule has 1 heterocycles. The fraction of sp³-hybridized carbons (Fsp3) is 0.857. The SMILES string of the molecule is CCOP(=O)(OCC)C(CCCn1ccnc1)(O[Si](C)(C)C(C)(C)C)P(=O)(OCC)OCC. The van der Waals surface area contributed by atoms with Crippen molar-refractivity contribution in [1.29, 1.82) is 0 Å². The van der Waals surface area contributed by atoms with Gasteiger partial charge in [0.25, 0.3) is 5.08 Å². The Hall–Kier alpha value is -0.313. The molecule has 0 unspecified atom stereocenters. The number of aromatic nitrogens is 2. The van der Waals surface area contributed by atoms with Crippen molar-refractivity contribution in [3.8, 4) is 0 Å². The van der Waals surface area contributed by atoms with Crippen LogP contribution in [0.3, 0.4) is 0 Å². The molecule has 0 radical (unpaired) electrons. The molecule has 0 aromatic carbocycles. The molecular weight excluding hydrogens is 482 g/mol. The fourth-order valence-corrected chi connectivity index (χ4v) is 11.8. The quantitative estimate of drug-likeness (QED) is 0.170. The average molecular weight is 527 g/mol. The summed E-state index contributed by atoms with van der Waals surface area (Å²) in [7, 11) is -11.0. The molecule has 0 fully saturated rings. The van der Waals surface area contributed by atoms with Crippen LogP contribution in [0.15, 0.2) is 18.7 Å². The second kappa shape index (κ2) is 12.6. The maximum atomic E-state index is 14.5. The Morgan fingerprint density at radius 1 is 0.879 bits per heavy atom. The number of imidazole rings is 1. The van der Waals surface area contributed by atoms with Gasteiger partial charge < -0.3 is 27.1 Å². The molecule has 0 aliphatic rings. The summed E-state index contributed by atoms with van der Waals surface area (Å²) < 4.78 is 61.0. The van der Waals surface area contributed by atoms with Crippen molar-refractivity contribution in [2.45, 2.75) is 91.1 Å². The first kappa shape index (κ1) is 30.7. The van der Waals surface area contributed by atoms with Gasteiger partial charge in [-0.05, 0) is 52.2 Å². The third kappa shape index (κ3) is 7.11. The molecule has 194 valence electrons. The molecule has 0 aliphatic heterocycles. The molecular formula is C21H44N2O7P2Si. The molecule has 1 rings (SSSR count). The normalized spacial score (nSPS) is 14.1. The molecule has 9 nitrogen and oxygen atoms in total. The first-order valence-corrected chi connectivity index (χ1v) is 17.7. The van der Waals surface area contributed by atoms with Gasteiger partial charge in [-0.15, -0.1) is 0 Å². The Morgan fingerprint density at radius 2 is 1.33 bits per heavy atom. The molecule has 0 saturated carbocycles. The zero-order valence-corrected chi connectivity index (χ0v) is 24.6. The molecule has 0 saturated heterocycles. The van der Waals surface area contributed by atoms with Crippen LogP contribution in [0.5, 0.6) is 0 Å². The molecule has 1 aromatic rings. The van der Waals surface area contributed by atoms with Crippen LogP contribution in [0.25, 0.3) is 0 Å². The monoisotopic (exact) mass is 526 g/mol. The van der Waals surface area contributed by atoms with Gasteiger partial charge in [0.05, 0.1) is 32.8 Å². The lowest BCUT2D eigenvalue weighted by Crippen LogP contribution is -2.50. The smallest absolute Gasteiger partial charge is 0.373 e. The van der Waals surface area contributed by atoms with E-state index in [0.717, 1.165) is 0 Å². The summed E-state index contributed by atoms with van der Waals surface area (Å²) in [6.45, 7) is 18.1. The number of hydrogen-bond donors (Lipinski definition) is 0. The zero-order valence-electron chi connectivity index (χ0n) is 21.8. The highest BCUT2D eigenvalue weighted by Gasteiger charge is 2.68. The lowest BCUT2D eigenvalue weighted by atomic mass is 10.2. The topological polar surface area (TPSA) is 98.1 Å². The van der Waals surface area contributed by atoms with Crippen LogP contribution in [0.2, 0.25) is 18.1 Å². The minimum atomic E-state index is -4.14. The molecule has 0 bridgehead atoms. The Labute approximate surface area is 201 Å². The molecule has 1 aromatic heterocycles. The van der Waals surface area contributed by atoms with E-state index in [1.807, 2.05) is 23.9 Å². The van der Waals surface area contributed by atoms with E-state index in [4.69, 9.17) is 22.5 Å². The highest BCUT2D eigenvalue weighted by molar-refractivity contribution is 7.74. The molecule has 0 atom stereocenters. The summed E-state index contributed by atoms with van der Waals surface area (Å²) in [5, 5.41) is -2.17. The highest BCUT2D eigenvalue weighted by Crippen LogP contribution is 2.80. The van der Waals surface area contributed by atoms with Gasteiger partial charge in [-0.25, -0.2) is 4.98 Å². The second-order valence-corrected chi connectivity index (χ2v) is 18.7. The Bertz CT molecular complexity index is 747. The van der Waals surface area contributed by atoms with Crippen molar-refractivity contribution in [2.24, 2.45) is 0 Å². The molecule has 0 spiro atoms. The fourth-order valence-electron chi connectivity index (χ4n) is 3.22. The number of aryl methyl sites for hydroxylation is 1. The maximum absolute atomic E-state index is 14.5. The minimum Gasteiger partial charge on any atom is -0.392 e. The van der Waals surface area contributed by atoms with Crippen molar-refractivity contribution in [3.63, 3.8) is 0 Å². The predicted molar refractivity (Wildman–Crippen MR) is 134 cm³/mol. The van der Waals surface area contributed by atoms with Crippen molar-refractivity contribution in [3.05, 3.63) is 18.7 Å². The van der Waals surface area contributed by atoms with Crippen molar-refractivity contribution >= 4 is 23.5 Å². The third-order valence-corrected chi connectivity index (χ3v) is 16.8. The van der Waals surface area contributed by atoms with Crippen molar-refractivity contribution in [2.75, 3.05) is 26.4 Å². The first-order valence-electron chi connectivity index (χ1n) is 11.7. The second-order valence-electron chi connectivity index (χ2n) is 9.18. The van der Waals surface area contributed by atoms with Crippen LogP contribution in [-0.4, -0.2) is 49.4 Å². The molecule has 0 N–H and O–H groups in total. The highest BCUT2D eigenvalue weighted by atomic mass is 31.2. The molecule has 0 amide bonds. The van der Waals surface area contributed by atoms with Crippen LogP contribution < -0.4 is 0 Å². The number of rotatable bonds is 16. The summed E-state index contributed by atoms with van der Waals surface area (Å²) in [6.07, 6.45) is 5.80. The lowest BCUT2D eigenvalue weighted by Gasteiger charge is -2.49. The van der Waals surface area contributed by atoms with Gasteiger partial charge in [-0.1, -0.05) is 20.8 Å². The standard InChI is InChI=1S/C21H44N2O7P2Si/c1-10-26-31(24,27-11-2)21(30-33(8,9)20(5,6)7,32(25,28-12-3)29-13-4)15-14-17-23-18-16-22-19-23/h16,18-19H,10-15,17H2,1-9H3. The first-order chi connectivity index (χ1) is 15.3. The summed E-state index contributed by atoms with van der Waals surface area (Å²) in [5.74, 6) is 0. The van der Waals surface area contributed by atoms with E-state index in [-0.39, 0.29) is 37.9 Å². The lowest BCUT2D eigenvalue weighted by molar-refractivity contribution is 0.0817. The Kier molecular flexibility index (Phi) is 11.7. The number of hydrogen-bond acceptors (Lipinski definition) is 8. The van der Waals surface area contributed by atoms with E-state index in [0.29, 0.717) is 13.0 Å². The van der Waals surface area contributed by atoms with Gasteiger partial charge in [0.2, 0.25) is 0 Å². The van der Waals surface area contributed by atoms with Gasteiger partial charge in [0.1, 0.15) is 0 Å². The van der Waals surface area contributed by atoms with Crippen LogP contribution >= 0.6 is 15.2 Å². The van der Waals surface area contributed by atoms with Gasteiger partial charge in [-0.3, -0.25) is 9.13 Å². The van der Waals surface area contributed by atoms with E-state index < -0.39 is 28.6 Å². The minimum absolute atomic E-state index is 0.0969. The van der Waals surface area contributed by atoms with E-state index in [9.17, 15) is 9.13 Å². The Morgan fingerprint density at radius 3 is 1.67 bits per heavy atom. The number of nitrogens with zero attached hydrogens (tertiary/aromatic N) is 2. The van der Waals surface area contributed by atoms with E-state index in [2.05, 4.69) is 25.8 Å². The van der Waals surface area contributed by atoms with Gasteiger partial charge >= 0.3 is 15.2 Å². The van der Waals surface area contributed by atoms with E-state index >= 15 is 0 Å². The zero-order chi connectivity index (χ0) is 25.4. The maximum Gasteiger partial charge on any atom is 0.373 e. The van der Waals surface area contributed by atoms with Crippen LogP contribution in [0.1, 0.15) is 61.3 Å². The summed E-state index contributed by atoms with van der Waals surface area (Å²) in [6, 6.07) is 0. The van der Waals surface area contributed by atoms with Crippen LogP contribution in [0.4, 0.5) is 0 Å². The summed E-state index contributed by atoms with van der Waals surface area (Å²) in [4.78, 5) is 4.07. The summed E-state index contributed by atoms with van der Waals surface area (Å²) >= 11 is 0. The Balaban J connectivity index is 3.78. The largest absolute Gasteiger partial charge is 0.392 e. The van der Waals surface area contributed by atoms with Crippen LogP contribution in [-0.2, 0) is 38.2 Å². The van der Waals surface area contributed by atoms with Crippen LogP contribution in [0, 0.1) is 0 Å². The summed E-state index contributed by atoms with van der Waals surface area (Å²) in [5.41, 5.74) is 0. The van der Waals surface area contributed by atoms with Crippen molar-refractivity contribution < 1.29 is 31.7 Å². The molecule has 33 heavy (non-hydrogen) atoms. The van der Waals surface area contributed by atoms with Gasteiger partial charge in [0.15, 0.2) is 8.32 Å². The van der Waals surface area contributed by atoms with Gasteiger partial charge in [0, 0.05) is 25.4 Å². The molecule has 12 heteroatoms. The van der Waals surface area contributed by atoms with E-state index in [1.54, 1.807) is 40.2 Å². The third-order valence-electron chi connectivity index (χ3n) is 5.75. The van der Waals surface area contributed by atoms with Crippen molar-refractivity contribution in [1.82, 2.24) is 9.55 Å². The average Bonchev–Trinajstić information content (AvgIpc) is 3.20. The predicted octanol–water partition coefficient (Wildman–Crippen LogP) is 6.87. The van der Waals surface area contributed by atoms with E-state index in [1.165, 1.54) is 0 Å².